The molecule has 0 aromatic carbocycles. The van der Waals surface area contributed by atoms with Crippen molar-refractivity contribution in [1.82, 2.24) is 0 Å². The molecule has 0 spiro atoms. The van der Waals surface area contributed by atoms with E-state index in [9.17, 15) is 0 Å². The third kappa shape index (κ3) is 5.90. The van der Waals surface area contributed by atoms with E-state index < -0.39 is 0 Å². The summed E-state index contributed by atoms with van der Waals surface area (Å²) >= 11 is 2.01. The van der Waals surface area contributed by atoms with Gasteiger partial charge in [-0.3, -0.25) is 0 Å². The predicted octanol–water partition coefficient (Wildman–Crippen LogP) is 2.89. The fraction of sp³-hybridized carbons (Fsp3) is 1.00. The highest BCUT2D eigenvalue weighted by Gasteiger charge is 2.09. The van der Waals surface area contributed by atoms with E-state index >= 15 is 0 Å². The maximum Gasteiger partial charge on any atom is 0.0130 e. The minimum absolute atomic E-state index is 0.404. The van der Waals surface area contributed by atoms with Crippen molar-refractivity contribution >= 4 is 11.8 Å². The Bertz CT molecular complexity index is 104. The molecule has 0 aliphatic heterocycles. The summed E-state index contributed by atoms with van der Waals surface area (Å²) in [6, 6.07) is 0.404. The smallest absolute Gasteiger partial charge is 0.0130 e. The second kappa shape index (κ2) is 6.79. The van der Waals surface area contributed by atoms with Crippen LogP contribution in [0.25, 0.3) is 0 Å². The maximum atomic E-state index is 5.91. The van der Waals surface area contributed by atoms with Gasteiger partial charge in [0.2, 0.25) is 0 Å². The van der Waals surface area contributed by atoms with Gasteiger partial charge in [0.05, 0.1) is 0 Å². The van der Waals surface area contributed by atoms with Crippen LogP contribution in [0.3, 0.4) is 0 Å². The van der Waals surface area contributed by atoms with Gasteiger partial charge in [0.1, 0.15) is 0 Å². The quantitative estimate of drug-likeness (QED) is 0.695. The molecule has 0 aliphatic rings. The van der Waals surface area contributed by atoms with Crippen molar-refractivity contribution in [3.63, 3.8) is 0 Å². The average molecular weight is 189 g/mol. The van der Waals surface area contributed by atoms with E-state index in [1.807, 2.05) is 11.8 Å². The predicted molar refractivity (Wildman–Crippen MR) is 59.6 cm³/mol. The van der Waals surface area contributed by atoms with Crippen LogP contribution >= 0.6 is 11.8 Å². The average Bonchev–Trinajstić information content (AvgIpc) is 2.00. The molecule has 74 valence electrons. The van der Waals surface area contributed by atoms with Gasteiger partial charge < -0.3 is 5.73 Å². The summed E-state index contributed by atoms with van der Waals surface area (Å²) in [4.78, 5) is 0. The lowest BCUT2D eigenvalue weighted by molar-refractivity contribution is 0.631. The van der Waals surface area contributed by atoms with E-state index in [0.717, 1.165) is 23.3 Å². The number of nitrogens with two attached hydrogens (primary N) is 1. The second-order valence-corrected chi connectivity index (χ2v) is 5.24. The molecular weight excluding hydrogens is 166 g/mol. The Morgan fingerprint density at radius 3 is 2.25 bits per heavy atom. The molecule has 0 rings (SSSR count). The lowest BCUT2D eigenvalue weighted by Crippen LogP contribution is -2.24. The standard InChI is InChI=1S/C10H23NS/c1-5-6-10(11)7-12-9(4)8(2)3/h8-10H,5-7,11H2,1-4H3. The van der Waals surface area contributed by atoms with Gasteiger partial charge >= 0.3 is 0 Å². The van der Waals surface area contributed by atoms with Crippen molar-refractivity contribution in [1.29, 1.82) is 0 Å². The van der Waals surface area contributed by atoms with Crippen LogP contribution in [0.15, 0.2) is 0 Å². The highest BCUT2D eigenvalue weighted by Crippen LogP contribution is 2.19. The molecule has 0 heterocycles. The van der Waals surface area contributed by atoms with Gasteiger partial charge in [0.15, 0.2) is 0 Å². The Hall–Kier alpha value is 0.310. The third-order valence-electron chi connectivity index (χ3n) is 2.17. The summed E-state index contributed by atoms with van der Waals surface area (Å²) in [5.74, 6) is 1.89. The van der Waals surface area contributed by atoms with Crippen molar-refractivity contribution in [2.75, 3.05) is 5.75 Å². The van der Waals surface area contributed by atoms with Crippen LogP contribution in [-0.4, -0.2) is 17.0 Å². The largest absolute Gasteiger partial charge is 0.327 e. The summed E-state index contributed by atoms with van der Waals surface area (Å²) < 4.78 is 0. The van der Waals surface area contributed by atoms with Crippen molar-refractivity contribution in [2.45, 2.75) is 51.8 Å². The molecular formula is C10H23NS. The molecule has 0 aliphatic carbocycles. The Morgan fingerprint density at radius 2 is 1.83 bits per heavy atom. The fourth-order valence-electron chi connectivity index (χ4n) is 0.922. The first-order chi connectivity index (χ1) is 5.57. The van der Waals surface area contributed by atoms with Gasteiger partial charge in [-0.1, -0.05) is 34.1 Å². The molecule has 0 radical (unpaired) electrons. The van der Waals surface area contributed by atoms with E-state index in [2.05, 4.69) is 27.7 Å². The van der Waals surface area contributed by atoms with Gasteiger partial charge in [-0.25, -0.2) is 0 Å². The molecule has 0 aromatic rings. The van der Waals surface area contributed by atoms with Crippen LogP contribution in [0.1, 0.15) is 40.5 Å². The minimum Gasteiger partial charge on any atom is -0.327 e. The topological polar surface area (TPSA) is 26.0 Å². The van der Waals surface area contributed by atoms with Crippen LogP contribution < -0.4 is 5.73 Å². The second-order valence-electron chi connectivity index (χ2n) is 3.83. The Balaban J connectivity index is 3.40. The zero-order chi connectivity index (χ0) is 9.56. The first-order valence-corrected chi connectivity index (χ1v) is 6.00. The summed E-state index contributed by atoms with van der Waals surface area (Å²) in [5, 5.41) is 0.743. The molecule has 2 atom stereocenters. The van der Waals surface area contributed by atoms with E-state index in [0.29, 0.717) is 6.04 Å². The molecule has 0 aromatic heterocycles. The molecule has 0 amide bonds. The lowest BCUT2D eigenvalue weighted by atomic mass is 10.2. The summed E-state index contributed by atoms with van der Waals surface area (Å²) in [7, 11) is 0. The number of hydrogen-bond acceptors (Lipinski definition) is 2. The van der Waals surface area contributed by atoms with Gasteiger partial charge in [-0.15, -0.1) is 0 Å². The fourth-order valence-corrected chi connectivity index (χ4v) is 2.02. The van der Waals surface area contributed by atoms with Crippen LogP contribution in [0.2, 0.25) is 0 Å². The summed E-state index contributed by atoms with van der Waals surface area (Å²) in [5.41, 5.74) is 5.91. The van der Waals surface area contributed by atoms with E-state index in [-0.39, 0.29) is 0 Å². The molecule has 12 heavy (non-hydrogen) atoms. The summed E-state index contributed by atoms with van der Waals surface area (Å²) in [6.45, 7) is 9.01. The highest BCUT2D eigenvalue weighted by atomic mass is 32.2. The number of hydrogen-bond donors (Lipinski definition) is 1. The lowest BCUT2D eigenvalue weighted by Gasteiger charge is -2.17. The van der Waals surface area contributed by atoms with Crippen molar-refractivity contribution in [3.8, 4) is 0 Å². The van der Waals surface area contributed by atoms with E-state index in [4.69, 9.17) is 5.73 Å². The van der Waals surface area contributed by atoms with E-state index in [1.54, 1.807) is 0 Å². The van der Waals surface area contributed by atoms with Crippen LogP contribution in [0.4, 0.5) is 0 Å². The first kappa shape index (κ1) is 12.3. The highest BCUT2D eigenvalue weighted by molar-refractivity contribution is 7.99. The summed E-state index contributed by atoms with van der Waals surface area (Å²) in [6.07, 6.45) is 2.37. The van der Waals surface area contributed by atoms with E-state index in [1.165, 1.54) is 6.42 Å². The Morgan fingerprint density at radius 1 is 1.25 bits per heavy atom. The monoisotopic (exact) mass is 189 g/mol. The molecule has 1 nitrogen and oxygen atoms in total. The Labute approximate surface area is 81.5 Å². The minimum atomic E-state index is 0.404. The number of thioether (sulfide) groups is 1. The molecule has 2 N–H and O–H groups in total. The SMILES string of the molecule is CCCC(N)CSC(C)C(C)C. The van der Waals surface area contributed by atoms with Crippen LogP contribution in [0.5, 0.6) is 0 Å². The number of rotatable bonds is 6. The maximum absolute atomic E-state index is 5.91. The molecule has 0 bridgehead atoms. The normalized spacial score (nSPS) is 16.5. The third-order valence-corrected chi connectivity index (χ3v) is 3.86. The van der Waals surface area contributed by atoms with Gasteiger partial charge in [0, 0.05) is 17.0 Å². The van der Waals surface area contributed by atoms with Crippen molar-refractivity contribution < 1.29 is 0 Å². The molecule has 0 saturated heterocycles. The first-order valence-electron chi connectivity index (χ1n) is 4.95. The van der Waals surface area contributed by atoms with Gasteiger partial charge in [-0.05, 0) is 12.3 Å². The van der Waals surface area contributed by atoms with Crippen LogP contribution in [0, 0.1) is 5.92 Å². The van der Waals surface area contributed by atoms with Crippen molar-refractivity contribution in [2.24, 2.45) is 11.7 Å². The van der Waals surface area contributed by atoms with Gasteiger partial charge in [-0.2, -0.15) is 11.8 Å². The molecule has 2 unspecified atom stereocenters. The van der Waals surface area contributed by atoms with Crippen LogP contribution in [-0.2, 0) is 0 Å². The zero-order valence-corrected chi connectivity index (χ0v) is 9.66. The molecule has 2 heteroatoms. The molecule has 0 saturated carbocycles. The van der Waals surface area contributed by atoms with Gasteiger partial charge in [0.25, 0.3) is 0 Å². The Kier molecular flexibility index (Phi) is 6.96. The zero-order valence-electron chi connectivity index (χ0n) is 8.84. The molecule has 0 fully saturated rings. The van der Waals surface area contributed by atoms with Crippen molar-refractivity contribution in [3.05, 3.63) is 0 Å².